The third-order valence-corrected chi connectivity index (χ3v) is 4.36. The lowest BCUT2D eigenvalue weighted by Crippen LogP contribution is -2.40. The second kappa shape index (κ2) is 4.39. The van der Waals surface area contributed by atoms with E-state index in [0.717, 1.165) is 30.8 Å². The van der Waals surface area contributed by atoms with Gasteiger partial charge in [-0.05, 0) is 37.6 Å². The van der Waals surface area contributed by atoms with E-state index in [1.54, 1.807) is 7.11 Å². The largest absolute Gasteiger partial charge is 0.496 e. The van der Waals surface area contributed by atoms with Crippen LogP contribution < -0.4 is 4.74 Å². The van der Waals surface area contributed by atoms with Crippen molar-refractivity contribution in [3.05, 3.63) is 29.3 Å². The number of rotatable bonds is 1. The van der Waals surface area contributed by atoms with Crippen molar-refractivity contribution in [2.24, 2.45) is 5.92 Å². The lowest BCUT2D eigenvalue weighted by Gasteiger charge is -2.40. The molecule has 0 N–H and O–H groups in total. The average molecular weight is 245 g/mol. The van der Waals surface area contributed by atoms with E-state index >= 15 is 0 Å². The number of likely N-dealkylation sites (N-methyl/N-ethyl adjacent to an activating group) is 1. The predicted octanol–water partition coefficient (Wildman–Crippen LogP) is 2.32. The lowest BCUT2D eigenvalue weighted by molar-refractivity contribution is 0.0883. The van der Waals surface area contributed by atoms with Gasteiger partial charge in [-0.1, -0.05) is 12.1 Å². The topological polar surface area (TPSA) is 29.5 Å². The van der Waals surface area contributed by atoms with E-state index in [1.165, 1.54) is 5.56 Å². The van der Waals surface area contributed by atoms with Crippen LogP contribution in [0.25, 0.3) is 0 Å². The third kappa shape index (κ3) is 1.74. The van der Waals surface area contributed by atoms with E-state index in [0.29, 0.717) is 18.3 Å². The fourth-order valence-corrected chi connectivity index (χ4v) is 3.43. The molecular formula is C15H19NO2. The van der Waals surface area contributed by atoms with Crippen molar-refractivity contribution in [1.29, 1.82) is 0 Å². The van der Waals surface area contributed by atoms with Crippen molar-refractivity contribution in [3.8, 4) is 5.75 Å². The highest BCUT2D eigenvalue weighted by atomic mass is 16.5. The number of benzene rings is 1. The molecule has 1 heterocycles. The van der Waals surface area contributed by atoms with Crippen LogP contribution in [0, 0.1) is 5.92 Å². The average Bonchev–Trinajstić information content (AvgIpc) is 2.39. The van der Waals surface area contributed by atoms with E-state index in [9.17, 15) is 4.79 Å². The summed E-state index contributed by atoms with van der Waals surface area (Å²) in [7, 11) is 3.80. The van der Waals surface area contributed by atoms with Gasteiger partial charge in [0.15, 0.2) is 5.78 Å². The number of ether oxygens (including phenoxy) is 1. The fraction of sp³-hybridized carbons (Fsp3) is 0.533. The Labute approximate surface area is 108 Å². The van der Waals surface area contributed by atoms with Gasteiger partial charge in [-0.3, -0.25) is 4.79 Å². The SMILES string of the molecule is COc1cccc2c1C(=O)C[C@@H]1CCN(C)C[C@@H]21. The molecule has 2 atom stereocenters. The van der Waals surface area contributed by atoms with Crippen LogP contribution in [0.2, 0.25) is 0 Å². The van der Waals surface area contributed by atoms with E-state index in [4.69, 9.17) is 4.74 Å². The van der Waals surface area contributed by atoms with Gasteiger partial charge < -0.3 is 9.64 Å². The van der Waals surface area contributed by atoms with Crippen molar-refractivity contribution < 1.29 is 9.53 Å². The zero-order valence-corrected chi connectivity index (χ0v) is 11.0. The Morgan fingerprint density at radius 1 is 1.39 bits per heavy atom. The Hall–Kier alpha value is -1.35. The first-order chi connectivity index (χ1) is 8.70. The van der Waals surface area contributed by atoms with E-state index in [1.807, 2.05) is 12.1 Å². The molecule has 0 amide bonds. The summed E-state index contributed by atoms with van der Waals surface area (Å²) in [5, 5.41) is 0. The van der Waals surface area contributed by atoms with E-state index in [-0.39, 0.29) is 5.78 Å². The highest BCUT2D eigenvalue weighted by Gasteiger charge is 2.38. The third-order valence-electron chi connectivity index (χ3n) is 4.36. The van der Waals surface area contributed by atoms with Gasteiger partial charge in [-0.25, -0.2) is 0 Å². The number of carbonyl (C=O) groups excluding carboxylic acids is 1. The van der Waals surface area contributed by atoms with Gasteiger partial charge in [0.05, 0.1) is 12.7 Å². The highest BCUT2D eigenvalue weighted by molar-refractivity contribution is 6.01. The minimum Gasteiger partial charge on any atom is -0.496 e. The fourth-order valence-electron chi connectivity index (χ4n) is 3.43. The number of nitrogens with zero attached hydrogens (tertiary/aromatic N) is 1. The van der Waals surface area contributed by atoms with Crippen molar-refractivity contribution in [2.75, 3.05) is 27.2 Å². The van der Waals surface area contributed by atoms with Crippen molar-refractivity contribution in [3.63, 3.8) is 0 Å². The zero-order chi connectivity index (χ0) is 12.7. The number of methoxy groups -OCH3 is 1. The van der Waals surface area contributed by atoms with Gasteiger partial charge in [0.2, 0.25) is 0 Å². The number of Topliss-reactive ketones (excluding diaryl/α,β-unsaturated/α-hetero) is 1. The van der Waals surface area contributed by atoms with Crippen LogP contribution in [0.15, 0.2) is 18.2 Å². The normalized spacial score (nSPS) is 27.6. The maximum absolute atomic E-state index is 12.3. The van der Waals surface area contributed by atoms with Gasteiger partial charge in [-0.15, -0.1) is 0 Å². The molecule has 1 saturated heterocycles. The van der Waals surface area contributed by atoms with Crippen molar-refractivity contribution >= 4 is 5.78 Å². The molecule has 0 aromatic heterocycles. The standard InChI is InChI=1S/C15H19NO2/c1-16-7-6-10-8-13(17)15-11(12(10)9-16)4-3-5-14(15)18-2/h3-5,10,12H,6-9H2,1-2H3/t10-,12+/m0/s1. The first-order valence-electron chi connectivity index (χ1n) is 6.59. The molecule has 3 heteroatoms. The van der Waals surface area contributed by atoms with Crippen LogP contribution in [0.3, 0.4) is 0 Å². The minimum atomic E-state index is 0.258. The molecule has 1 aromatic carbocycles. The number of fused-ring (bicyclic) bond motifs is 3. The van der Waals surface area contributed by atoms with Crippen molar-refractivity contribution in [1.82, 2.24) is 4.90 Å². The first kappa shape index (κ1) is 11.7. The Morgan fingerprint density at radius 2 is 2.22 bits per heavy atom. The number of carbonyl (C=O) groups is 1. The minimum absolute atomic E-state index is 0.258. The monoisotopic (exact) mass is 245 g/mol. The summed E-state index contributed by atoms with van der Waals surface area (Å²) in [4.78, 5) is 14.7. The number of piperidine rings is 1. The number of ketones is 1. The van der Waals surface area contributed by atoms with E-state index < -0.39 is 0 Å². The second-order valence-electron chi connectivity index (χ2n) is 5.47. The quantitative estimate of drug-likeness (QED) is 0.760. The Morgan fingerprint density at radius 3 is 3.00 bits per heavy atom. The maximum Gasteiger partial charge on any atom is 0.167 e. The van der Waals surface area contributed by atoms with Crippen LogP contribution in [-0.4, -0.2) is 37.9 Å². The summed E-state index contributed by atoms with van der Waals surface area (Å²) in [5.41, 5.74) is 2.03. The molecule has 0 bridgehead atoms. The summed E-state index contributed by atoms with van der Waals surface area (Å²) in [6.07, 6.45) is 1.81. The van der Waals surface area contributed by atoms with Crippen LogP contribution in [-0.2, 0) is 0 Å². The lowest BCUT2D eigenvalue weighted by atomic mass is 9.71. The first-order valence-corrected chi connectivity index (χ1v) is 6.59. The van der Waals surface area contributed by atoms with Gasteiger partial charge in [0, 0.05) is 18.9 Å². The molecule has 1 aliphatic carbocycles. The van der Waals surface area contributed by atoms with Gasteiger partial charge in [-0.2, -0.15) is 0 Å². The molecule has 3 nitrogen and oxygen atoms in total. The molecule has 18 heavy (non-hydrogen) atoms. The summed E-state index contributed by atoms with van der Waals surface area (Å²) in [5.74, 6) is 2.01. The van der Waals surface area contributed by atoms with Crippen LogP contribution in [0.4, 0.5) is 0 Å². The van der Waals surface area contributed by atoms with Crippen LogP contribution in [0.1, 0.15) is 34.7 Å². The number of likely N-dealkylation sites (tertiary alicyclic amines) is 1. The van der Waals surface area contributed by atoms with Gasteiger partial charge in [0.1, 0.15) is 5.75 Å². The Balaban J connectivity index is 2.08. The number of hydrogen-bond acceptors (Lipinski definition) is 3. The predicted molar refractivity (Wildman–Crippen MR) is 70.3 cm³/mol. The molecule has 3 rings (SSSR count). The van der Waals surface area contributed by atoms with Gasteiger partial charge >= 0.3 is 0 Å². The molecule has 0 radical (unpaired) electrons. The van der Waals surface area contributed by atoms with Crippen LogP contribution >= 0.6 is 0 Å². The Bertz CT molecular complexity index is 483. The Kier molecular flexibility index (Phi) is 2.86. The zero-order valence-electron chi connectivity index (χ0n) is 11.0. The molecule has 0 unspecified atom stereocenters. The van der Waals surface area contributed by atoms with Crippen LogP contribution in [0.5, 0.6) is 5.75 Å². The summed E-state index contributed by atoms with van der Waals surface area (Å²) >= 11 is 0. The molecular weight excluding hydrogens is 226 g/mol. The molecule has 0 spiro atoms. The smallest absolute Gasteiger partial charge is 0.167 e. The summed E-state index contributed by atoms with van der Waals surface area (Å²) < 4.78 is 5.36. The highest BCUT2D eigenvalue weighted by Crippen LogP contribution is 2.43. The molecule has 96 valence electrons. The van der Waals surface area contributed by atoms with Crippen molar-refractivity contribution in [2.45, 2.75) is 18.8 Å². The van der Waals surface area contributed by atoms with E-state index in [2.05, 4.69) is 18.0 Å². The molecule has 1 aliphatic heterocycles. The van der Waals surface area contributed by atoms with Gasteiger partial charge in [0.25, 0.3) is 0 Å². The molecule has 1 fully saturated rings. The molecule has 2 aliphatic rings. The molecule has 0 saturated carbocycles. The second-order valence-corrected chi connectivity index (χ2v) is 5.47. The molecule has 1 aromatic rings. The maximum atomic E-state index is 12.3. The summed E-state index contributed by atoms with van der Waals surface area (Å²) in [6, 6.07) is 6.00. The summed E-state index contributed by atoms with van der Waals surface area (Å²) in [6.45, 7) is 2.16. The number of hydrogen-bond donors (Lipinski definition) is 0.